The van der Waals surface area contributed by atoms with Crippen LogP contribution in [0.1, 0.15) is 38.4 Å². The van der Waals surface area contributed by atoms with E-state index in [9.17, 15) is 9.59 Å². The van der Waals surface area contributed by atoms with Gasteiger partial charge in [0.25, 0.3) is 5.91 Å². The zero-order chi connectivity index (χ0) is 21.5. The molecule has 3 rings (SSSR count). The highest BCUT2D eigenvalue weighted by Crippen LogP contribution is 2.27. The average Bonchev–Trinajstić information content (AvgIpc) is 3.15. The first-order valence-electron chi connectivity index (χ1n) is 10.2. The van der Waals surface area contributed by atoms with E-state index in [2.05, 4.69) is 29.4 Å². The molecular formula is C22H28ClN3O3S. The van der Waals surface area contributed by atoms with Gasteiger partial charge in [0.05, 0.1) is 9.34 Å². The van der Waals surface area contributed by atoms with Crippen molar-refractivity contribution in [1.82, 2.24) is 10.2 Å². The largest absolute Gasteiger partial charge is 0.431 e. The second-order valence-corrected chi connectivity index (χ2v) is 9.46. The summed E-state index contributed by atoms with van der Waals surface area (Å²) >= 11 is 7.12. The Morgan fingerprint density at radius 3 is 2.47 bits per heavy atom. The summed E-state index contributed by atoms with van der Waals surface area (Å²) in [6.45, 7) is 7.09. The molecule has 2 heterocycles. The molecule has 0 bridgehead atoms. The average molecular weight is 450 g/mol. The highest BCUT2D eigenvalue weighted by Gasteiger charge is 2.27. The minimum absolute atomic E-state index is 0.313. The topological polar surface area (TPSA) is 70.7 Å². The quantitative estimate of drug-likeness (QED) is 0.628. The van der Waals surface area contributed by atoms with Crippen molar-refractivity contribution in [3.8, 4) is 0 Å². The molecule has 2 aromatic rings. The van der Waals surface area contributed by atoms with Gasteiger partial charge in [0.15, 0.2) is 0 Å². The van der Waals surface area contributed by atoms with Crippen LogP contribution in [0, 0.1) is 5.92 Å². The summed E-state index contributed by atoms with van der Waals surface area (Å²) in [5.41, 5.74) is 0.629. The predicted octanol–water partition coefficient (Wildman–Crippen LogP) is 4.93. The second-order valence-electron chi connectivity index (χ2n) is 7.74. The number of carbonyl (C=O) groups is 2. The number of anilines is 1. The monoisotopic (exact) mass is 449 g/mol. The maximum absolute atomic E-state index is 12.9. The van der Waals surface area contributed by atoms with Crippen molar-refractivity contribution in [1.29, 1.82) is 0 Å². The number of hydrogen-bond donors (Lipinski definition) is 2. The normalized spacial score (nSPS) is 16.3. The van der Waals surface area contributed by atoms with Crippen LogP contribution < -0.4 is 10.6 Å². The molecule has 0 spiro atoms. The van der Waals surface area contributed by atoms with Crippen LogP contribution in [-0.4, -0.2) is 42.6 Å². The minimum Gasteiger partial charge on any atom is -0.431 e. The van der Waals surface area contributed by atoms with E-state index in [-0.39, 0.29) is 5.91 Å². The zero-order valence-electron chi connectivity index (χ0n) is 17.3. The van der Waals surface area contributed by atoms with Crippen molar-refractivity contribution in [2.45, 2.75) is 38.8 Å². The number of carbonyl (C=O) groups excluding carboxylic acids is 2. The molecule has 1 aromatic heterocycles. The van der Waals surface area contributed by atoms with Gasteiger partial charge in [0.1, 0.15) is 0 Å². The SMILES string of the molecule is CC(C)N1CCC(CNC(=O)C(OC(=O)Nc2ccc(Cl)s2)c2ccccc2)CC1. The summed E-state index contributed by atoms with van der Waals surface area (Å²) in [5.74, 6) is 0.120. The molecule has 1 unspecified atom stereocenters. The Labute approximate surface area is 186 Å². The van der Waals surface area contributed by atoms with Gasteiger partial charge in [-0.05, 0) is 57.8 Å². The van der Waals surface area contributed by atoms with Crippen molar-refractivity contribution in [3.63, 3.8) is 0 Å². The van der Waals surface area contributed by atoms with Crippen LogP contribution in [0.2, 0.25) is 4.34 Å². The van der Waals surface area contributed by atoms with Crippen molar-refractivity contribution >= 4 is 39.9 Å². The highest BCUT2D eigenvalue weighted by molar-refractivity contribution is 7.20. The summed E-state index contributed by atoms with van der Waals surface area (Å²) in [6.07, 6.45) is 0.393. The Morgan fingerprint density at radius 2 is 1.87 bits per heavy atom. The molecule has 2 amide bonds. The number of rotatable bonds is 7. The Balaban J connectivity index is 1.58. The van der Waals surface area contributed by atoms with Crippen LogP contribution >= 0.6 is 22.9 Å². The molecule has 1 fully saturated rings. The second kappa shape index (κ2) is 10.8. The Hall–Kier alpha value is -2.09. The molecule has 0 saturated carbocycles. The van der Waals surface area contributed by atoms with Crippen molar-refractivity contribution < 1.29 is 14.3 Å². The molecule has 162 valence electrons. The molecule has 1 saturated heterocycles. The number of nitrogens with zero attached hydrogens (tertiary/aromatic N) is 1. The lowest BCUT2D eigenvalue weighted by atomic mass is 9.96. The molecule has 6 nitrogen and oxygen atoms in total. The third kappa shape index (κ3) is 6.45. The molecule has 0 radical (unpaired) electrons. The third-order valence-electron chi connectivity index (χ3n) is 5.31. The summed E-state index contributed by atoms with van der Waals surface area (Å²) < 4.78 is 6.05. The Morgan fingerprint density at radius 1 is 1.17 bits per heavy atom. The van der Waals surface area contributed by atoms with Crippen molar-refractivity contribution in [2.24, 2.45) is 5.92 Å². The number of halogens is 1. The molecule has 1 aromatic carbocycles. The minimum atomic E-state index is -1.02. The number of likely N-dealkylation sites (tertiary alicyclic amines) is 1. The van der Waals surface area contributed by atoms with Gasteiger partial charge in [-0.2, -0.15) is 0 Å². The van der Waals surface area contributed by atoms with Gasteiger partial charge in [-0.3, -0.25) is 10.1 Å². The number of piperidine rings is 1. The molecule has 2 N–H and O–H groups in total. The third-order valence-corrected chi connectivity index (χ3v) is 6.45. The van der Waals surface area contributed by atoms with E-state index in [0.29, 0.717) is 33.4 Å². The van der Waals surface area contributed by atoms with E-state index in [1.54, 1.807) is 24.3 Å². The molecule has 1 atom stereocenters. The molecule has 1 aliphatic heterocycles. The fraction of sp³-hybridized carbons (Fsp3) is 0.455. The van der Waals surface area contributed by atoms with Gasteiger partial charge < -0.3 is 15.0 Å². The summed E-state index contributed by atoms with van der Waals surface area (Å²) in [6, 6.07) is 13.0. The van der Waals surface area contributed by atoms with Gasteiger partial charge in [-0.25, -0.2) is 4.79 Å². The Bertz CT molecular complexity index is 835. The first kappa shape index (κ1) is 22.6. The van der Waals surface area contributed by atoms with Gasteiger partial charge in [-0.15, -0.1) is 11.3 Å². The fourth-order valence-corrected chi connectivity index (χ4v) is 4.46. The van der Waals surface area contributed by atoms with Gasteiger partial charge in [0, 0.05) is 18.2 Å². The fourth-order valence-electron chi connectivity index (χ4n) is 3.53. The van der Waals surface area contributed by atoms with Crippen LogP contribution in [0.5, 0.6) is 0 Å². The standard InChI is InChI=1S/C22H28ClN3O3S/c1-15(2)26-12-10-16(11-13-26)14-24-21(27)20(17-6-4-3-5-7-17)29-22(28)25-19-9-8-18(23)30-19/h3-9,15-16,20H,10-14H2,1-2H3,(H,24,27)(H,25,28). The maximum Gasteiger partial charge on any atom is 0.413 e. The van der Waals surface area contributed by atoms with E-state index in [1.807, 2.05) is 18.2 Å². The lowest BCUT2D eigenvalue weighted by Gasteiger charge is -2.34. The lowest BCUT2D eigenvalue weighted by Crippen LogP contribution is -2.42. The van der Waals surface area contributed by atoms with Crippen LogP contribution in [-0.2, 0) is 9.53 Å². The van der Waals surface area contributed by atoms with E-state index in [0.717, 1.165) is 25.9 Å². The van der Waals surface area contributed by atoms with Crippen molar-refractivity contribution in [3.05, 3.63) is 52.4 Å². The number of thiophene rings is 1. The predicted molar refractivity (Wildman–Crippen MR) is 121 cm³/mol. The first-order valence-corrected chi connectivity index (χ1v) is 11.4. The molecule has 0 aliphatic carbocycles. The summed E-state index contributed by atoms with van der Waals surface area (Å²) in [4.78, 5) is 27.7. The number of nitrogens with one attached hydrogen (secondary N) is 2. The Kier molecular flexibility index (Phi) is 8.13. The van der Waals surface area contributed by atoms with Gasteiger partial charge in [-0.1, -0.05) is 41.9 Å². The zero-order valence-corrected chi connectivity index (χ0v) is 18.8. The van der Waals surface area contributed by atoms with E-state index in [1.165, 1.54) is 11.3 Å². The highest BCUT2D eigenvalue weighted by atomic mass is 35.5. The van der Waals surface area contributed by atoms with Crippen LogP contribution in [0.15, 0.2) is 42.5 Å². The van der Waals surface area contributed by atoms with E-state index < -0.39 is 12.2 Å². The van der Waals surface area contributed by atoms with Crippen LogP contribution in [0.3, 0.4) is 0 Å². The number of benzene rings is 1. The molecule has 8 heteroatoms. The number of amides is 2. The van der Waals surface area contributed by atoms with Gasteiger partial charge in [0.2, 0.25) is 6.10 Å². The van der Waals surface area contributed by atoms with Crippen LogP contribution in [0.25, 0.3) is 0 Å². The van der Waals surface area contributed by atoms with Crippen LogP contribution in [0.4, 0.5) is 9.80 Å². The molecular weight excluding hydrogens is 422 g/mol. The maximum atomic E-state index is 12.9. The molecule has 30 heavy (non-hydrogen) atoms. The summed E-state index contributed by atoms with van der Waals surface area (Å²) in [5, 5.41) is 6.18. The number of ether oxygens (including phenoxy) is 1. The molecule has 1 aliphatic rings. The van der Waals surface area contributed by atoms with E-state index in [4.69, 9.17) is 16.3 Å². The smallest absolute Gasteiger partial charge is 0.413 e. The summed E-state index contributed by atoms with van der Waals surface area (Å²) in [7, 11) is 0. The first-order chi connectivity index (χ1) is 14.4. The van der Waals surface area contributed by atoms with Crippen molar-refractivity contribution in [2.75, 3.05) is 25.0 Å². The van der Waals surface area contributed by atoms with Gasteiger partial charge >= 0.3 is 6.09 Å². The van der Waals surface area contributed by atoms with E-state index >= 15 is 0 Å². The lowest BCUT2D eigenvalue weighted by molar-refractivity contribution is -0.129. The number of hydrogen-bond acceptors (Lipinski definition) is 5.